The maximum absolute atomic E-state index is 13.2. The maximum atomic E-state index is 13.2. The molecule has 3 aromatic heterocycles. The van der Waals surface area contributed by atoms with E-state index in [1.165, 1.54) is 0 Å². The summed E-state index contributed by atoms with van der Waals surface area (Å²) in [6.07, 6.45) is 3.62. The van der Waals surface area contributed by atoms with E-state index >= 15 is 0 Å². The van der Waals surface area contributed by atoms with Gasteiger partial charge in [-0.05, 0) is 31.2 Å². The van der Waals surface area contributed by atoms with Crippen molar-refractivity contribution in [1.82, 2.24) is 14.8 Å². The van der Waals surface area contributed by atoms with Crippen molar-refractivity contribution in [3.63, 3.8) is 0 Å². The van der Waals surface area contributed by atoms with Crippen LogP contribution >= 0.6 is 23.1 Å². The monoisotopic (exact) mass is 490 g/mol. The number of thiazole rings is 1. The van der Waals surface area contributed by atoms with E-state index in [-0.39, 0.29) is 5.91 Å². The molecule has 5 aromatic rings. The molecule has 34 heavy (non-hydrogen) atoms. The van der Waals surface area contributed by atoms with Gasteiger partial charge in [-0.25, -0.2) is 4.98 Å². The summed E-state index contributed by atoms with van der Waals surface area (Å²) in [4.78, 5) is 17.7. The molecule has 0 atom stereocenters. The van der Waals surface area contributed by atoms with Crippen molar-refractivity contribution in [2.24, 2.45) is 0 Å². The van der Waals surface area contributed by atoms with E-state index in [0.717, 1.165) is 21.0 Å². The van der Waals surface area contributed by atoms with E-state index < -0.39 is 0 Å². The highest BCUT2D eigenvalue weighted by Crippen LogP contribution is 2.33. The third-order valence-corrected chi connectivity index (χ3v) is 7.25. The van der Waals surface area contributed by atoms with E-state index in [1.807, 2.05) is 67.0 Å². The van der Waals surface area contributed by atoms with Crippen LogP contribution in [0.1, 0.15) is 21.8 Å². The second-order valence-corrected chi connectivity index (χ2v) is 9.63. The Balaban J connectivity index is 1.31. The lowest BCUT2D eigenvalue weighted by Gasteiger charge is -2.09. The summed E-state index contributed by atoms with van der Waals surface area (Å²) in [6, 6.07) is 16.9. The van der Waals surface area contributed by atoms with Crippen LogP contribution in [-0.4, -0.2) is 27.3 Å². The number of aryl methyl sites for hydroxylation is 1. The summed E-state index contributed by atoms with van der Waals surface area (Å²) in [7, 11) is 0. The quantitative estimate of drug-likeness (QED) is 0.255. The molecule has 3 heterocycles. The van der Waals surface area contributed by atoms with Gasteiger partial charge >= 0.3 is 0 Å². The molecule has 0 fully saturated rings. The molecule has 0 bridgehead atoms. The van der Waals surface area contributed by atoms with Crippen LogP contribution in [0.5, 0.6) is 5.75 Å². The lowest BCUT2D eigenvalue weighted by Crippen LogP contribution is -2.13. The third kappa shape index (κ3) is 5.16. The molecule has 5 rings (SSSR count). The highest BCUT2D eigenvalue weighted by atomic mass is 32.2. The van der Waals surface area contributed by atoms with Gasteiger partial charge in [0.2, 0.25) is 0 Å². The summed E-state index contributed by atoms with van der Waals surface area (Å²) < 4.78 is 14.6. The van der Waals surface area contributed by atoms with E-state index in [4.69, 9.17) is 9.15 Å². The number of amides is 1. The van der Waals surface area contributed by atoms with Crippen molar-refractivity contribution < 1.29 is 13.9 Å². The van der Waals surface area contributed by atoms with Gasteiger partial charge in [0.05, 0.1) is 6.54 Å². The van der Waals surface area contributed by atoms with Gasteiger partial charge in [0.1, 0.15) is 22.3 Å². The van der Waals surface area contributed by atoms with Gasteiger partial charge in [-0.2, -0.15) is 5.10 Å². The molecule has 1 amide bonds. The number of anilines is 1. The number of aromatic nitrogens is 3. The summed E-state index contributed by atoms with van der Waals surface area (Å²) in [5.74, 6) is 1.27. The molecule has 2 aromatic carbocycles. The topological polar surface area (TPSA) is 82.2 Å². The first-order valence-electron chi connectivity index (χ1n) is 10.7. The second-order valence-electron chi connectivity index (χ2n) is 7.55. The molecular formula is C25H22N4O3S2. The number of fused-ring (bicyclic) bond motifs is 1. The molecule has 0 radical (unpaired) electrons. The zero-order valence-electron chi connectivity index (χ0n) is 18.4. The van der Waals surface area contributed by atoms with Gasteiger partial charge in [-0.1, -0.05) is 36.0 Å². The average Bonchev–Trinajstić information content (AvgIpc) is 3.58. The minimum atomic E-state index is -0.296. The van der Waals surface area contributed by atoms with Crippen LogP contribution in [0.25, 0.3) is 11.0 Å². The van der Waals surface area contributed by atoms with Crippen LogP contribution in [0.4, 0.5) is 5.69 Å². The Labute approximate surface area is 204 Å². The number of ether oxygens (including phenoxy) is 1. The molecule has 172 valence electrons. The van der Waals surface area contributed by atoms with Crippen molar-refractivity contribution >= 4 is 45.7 Å². The van der Waals surface area contributed by atoms with Gasteiger partial charge in [0.25, 0.3) is 5.91 Å². The third-order valence-electron chi connectivity index (χ3n) is 5.08. The number of hydrogen-bond donors (Lipinski definition) is 1. The largest absolute Gasteiger partial charge is 0.492 e. The number of furan rings is 1. The number of carbonyl (C=O) groups excluding carboxylic acids is 1. The molecule has 0 saturated heterocycles. The number of para-hydroxylation sites is 1. The van der Waals surface area contributed by atoms with Crippen molar-refractivity contribution in [3.05, 3.63) is 89.4 Å². The smallest absolute Gasteiger partial charge is 0.291 e. The summed E-state index contributed by atoms with van der Waals surface area (Å²) in [5.41, 5.74) is 3.18. The predicted molar refractivity (Wildman–Crippen MR) is 135 cm³/mol. The number of nitrogens with zero attached hydrogens (tertiary/aromatic N) is 3. The van der Waals surface area contributed by atoms with Gasteiger partial charge in [-0.15, -0.1) is 11.3 Å². The molecule has 9 heteroatoms. The zero-order valence-corrected chi connectivity index (χ0v) is 20.1. The first-order valence-corrected chi connectivity index (χ1v) is 12.6. The average molecular weight is 491 g/mol. The van der Waals surface area contributed by atoms with E-state index in [0.29, 0.717) is 41.7 Å². The van der Waals surface area contributed by atoms with E-state index in [1.54, 1.807) is 40.0 Å². The fourth-order valence-corrected chi connectivity index (χ4v) is 5.38. The maximum Gasteiger partial charge on any atom is 0.291 e. The number of nitrogens with one attached hydrogen (secondary N) is 1. The number of thioether (sulfide) groups is 1. The number of rotatable bonds is 9. The van der Waals surface area contributed by atoms with Crippen molar-refractivity contribution in [2.75, 3.05) is 11.9 Å². The molecular weight excluding hydrogens is 468 g/mol. The van der Waals surface area contributed by atoms with Crippen molar-refractivity contribution in [3.8, 4) is 5.75 Å². The van der Waals surface area contributed by atoms with Crippen molar-refractivity contribution in [1.29, 1.82) is 0 Å². The van der Waals surface area contributed by atoms with Gasteiger partial charge in [0, 0.05) is 51.9 Å². The summed E-state index contributed by atoms with van der Waals surface area (Å²) in [6.45, 7) is 3.09. The molecule has 0 unspecified atom stereocenters. The Bertz CT molecular complexity index is 1410. The summed E-state index contributed by atoms with van der Waals surface area (Å²) >= 11 is 3.20. The standard InChI is InChI=1S/C25H22N4O3S2/c1-17-15-33-25(27-17)34-16-21-20-8-2-3-9-22(20)32-23(21)24(30)28-18-6-4-7-19(14-18)31-13-12-29-11-5-10-26-29/h2-11,14-15H,12-13,16H2,1H3,(H,28,30). The van der Waals surface area contributed by atoms with Crippen LogP contribution < -0.4 is 10.1 Å². The molecule has 0 aliphatic carbocycles. The Morgan fingerprint density at radius 1 is 1.21 bits per heavy atom. The van der Waals surface area contributed by atoms with Crippen molar-refractivity contribution in [2.45, 2.75) is 23.6 Å². The van der Waals surface area contributed by atoms with Gasteiger partial charge in [-0.3, -0.25) is 9.48 Å². The summed E-state index contributed by atoms with van der Waals surface area (Å²) in [5, 5.41) is 10.1. The Hall–Kier alpha value is -3.56. The Kier molecular flexibility index (Phi) is 6.64. The minimum absolute atomic E-state index is 0.296. The van der Waals surface area contributed by atoms with Crippen LogP contribution in [0.15, 0.2) is 81.1 Å². The van der Waals surface area contributed by atoms with E-state index in [2.05, 4.69) is 15.4 Å². The lowest BCUT2D eigenvalue weighted by molar-refractivity contribution is 0.0998. The number of benzene rings is 2. The number of carbonyl (C=O) groups is 1. The SMILES string of the molecule is Cc1csc(SCc2c(C(=O)Nc3cccc(OCCn4cccn4)c3)oc3ccccc23)n1. The second kappa shape index (κ2) is 10.1. The molecule has 0 aliphatic heterocycles. The molecule has 1 N–H and O–H groups in total. The Morgan fingerprint density at radius 2 is 2.12 bits per heavy atom. The molecule has 0 saturated carbocycles. The fraction of sp³-hybridized carbons (Fsp3) is 0.160. The van der Waals surface area contributed by atoms with Crippen LogP contribution in [0.2, 0.25) is 0 Å². The molecule has 0 spiro atoms. The highest BCUT2D eigenvalue weighted by molar-refractivity contribution is 8.00. The zero-order chi connectivity index (χ0) is 23.3. The molecule has 7 nitrogen and oxygen atoms in total. The van der Waals surface area contributed by atoms with Crippen LogP contribution in [0.3, 0.4) is 0 Å². The molecule has 0 aliphatic rings. The lowest BCUT2D eigenvalue weighted by atomic mass is 10.1. The van der Waals surface area contributed by atoms with Gasteiger partial charge < -0.3 is 14.5 Å². The first-order chi connectivity index (χ1) is 16.7. The van der Waals surface area contributed by atoms with E-state index in [9.17, 15) is 4.79 Å². The fourth-order valence-electron chi connectivity index (χ4n) is 3.50. The minimum Gasteiger partial charge on any atom is -0.492 e. The first kappa shape index (κ1) is 22.2. The van der Waals surface area contributed by atoms with Crippen LogP contribution in [-0.2, 0) is 12.3 Å². The van der Waals surface area contributed by atoms with Gasteiger partial charge in [0.15, 0.2) is 5.76 Å². The normalized spacial score (nSPS) is 11.1. The highest BCUT2D eigenvalue weighted by Gasteiger charge is 2.21. The Morgan fingerprint density at radius 3 is 2.94 bits per heavy atom. The van der Waals surface area contributed by atoms with Crippen LogP contribution in [0, 0.1) is 6.92 Å². The number of hydrogen-bond acceptors (Lipinski definition) is 7. The predicted octanol–water partition coefficient (Wildman–Crippen LogP) is 6.02.